The molecule has 0 saturated carbocycles. The first-order valence-corrected chi connectivity index (χ1v) is 5.73. The van der Waals surface area contributed by atoms with Crippen LogP contribution in [0.2, 0.25) is 0 Å². The monoisotopic (exact) mass is 221 g/mol. The molecule has 0 spiro atoms. The minimum absolute atomic E-state index is 0.0894. The van der Waals surface area contributed by atoms with E-state index in [9.17, 15) is 5.11 Å². The van der Waals surface area contributed by atoms with E-state index in [0.717, 1.165) is 30.5 Å². The average Bonchev–Trinajstić information content (AvgIpc) is 2.70. The van der Waals surface area contributed by atoms with E-state index in [0.29, 0.717) is 12.4 Å². The van der Waals surface area contributed by atoms with Gasteiger partial charge in [0.05, 0.1) is 6.61 Å². The molecule has 1 aromatic rings. The highest BCUT2D eigenvalue weighted by Crippen LogP contribution is 2.37. The summed E-state index contributed by atoms with van der Waals surface area (Å²) in [5.41, 5.74) is 1.75. The van der Waals surface area contributed by atoms with Gasteiger partial charge < -0.3 is 15.2 Å². The van der Waals surface area contributed by atoms with Gasteiger partial charge >= 0.3 is 0 Å². The molecule has 1 fully saturated rings. The van der Waals surface area contributed by atoms with E-state index in [1.807, 2.05) is 18.2 Å². The number of nitrogens with one attached hydrogen (secondary N) is 1. The first-order chi connectivity index (χ1) is 7.67. The highest BCUT2D eigenvalue weighted by molar-refractivity contribution is 5.44. The van der Waals surface area contributed by atoms with Crippen LogP contribution >= 0.6 is 0 Å². The van der Waals surface area contributed by atoms with Crippen molar-refractivity contribution in [2.45, 2.75) is 31.9 Å². The molecule has 0 radical (unpaired) electrons. The minimum atomic E-state index is -0.0894. The maximum absolute atomic E-state index is 10.2. The maximum atomic E-state index is 10.2. The Morgan fingerprint density at radius 3 is 2.94 bits per heavy atom. The number of methoxy groups -OCH3 is 1. The minimum Gasteiger partial charge on any atom is -0.507 e. The fourth-order valence-corrected chi connectivity index (χ4v) is 2.43. The van der Waals surface area contributed by atoms with E-state index in [4.69, 9.17) is 4.74 Å². The van der Waals surface area contributed by atoms with Crippen molar-refractivity contribution in [2.75, 3.05) is 13.7 Å². The maximum Gasteiger partial charge on any atom is 0.126 e. The third kappa shape index (κ3) is 1.93. The molecule has 1 aliphatic heterocycles. The number of phenolic OH excluding ortho intramolecular Hbond substituents is 1. The molecule has 1 aliphatic rings. The number of ether oxygens (including phenoxy) is 1. The molecule has 0 amide bonds. The van der Waals surface area contributed by atoms with Gasteiger partial charge in [0, 0.05) is 23.8 Å². The van der Waals surface area contributed by atoms with E-state index in [2.05, 4.69) is 12.2 Å². The van der Waals surface area contributed by atoms with Gasteiger partial charge in [-0.05, 0) is 26.3 Å². The van der Waals surface area contributed by atoms with Gasteiger partial charge in [-0.1, -0.05) is 18.2 Å². The van der Waals surface area contributed by atoms with Gasteiger partial charge in [0.25, 0.3) is 0 Å². The molecule has 1 saturated heterocycles. The summed E-state index contributed by atoms with van der Waals surface area (Å²) in [6.45, 7) is 3.62. The fourth-order valence-electron chi connectivity index (χ4n) is 2.43. The van der Waals surface area contributed by atoms with E-state index in [-0.39, 0.29) is 5.54 Å². The molecule has 1 aromatic carbocycles. The van der Waals surface area contributed by atoms with Crippen LogP contribution in [0.1, 0.15) is 30.9 Å². The summed E-state index contributed by atoms with van der Waals surface area (Å²) in [5.74, 6) is 0.376. The zero-order valence-electron chi connectivity index (χ0n) is 9.92. The number of para-hydroxylation sites is 1. The van der Waals surface area contributed by atoms with Crippen molar-refractivity contribution in [1.29, 1.82) is 0 Å². The summed E-state index contributed by atoms with van der Waals surface area (Å²) in [6.07, 6.45) is 2.22. The molecule has 16 heavy (non-hydrogen) atoms. The topological polar surface area (TPSA) is 41.5 Å². The number of hydrogen-bond donors (Lipinski definition) is 2. The third-order valence-corrected chi connectivity index (χ3v) is 3.38. The van der Waals surface area contributed by atoms with Crippen LogP contribution in [0.4, 0.5) is 0 Å². The van der Waals surface area contributed by atoms with Gasteiger partial charge in [-0.15, -0.1) is 0 Å². The van der Waals surface area contributed by atoms with Crippen molar-refractivity contribution < 1.29 is 9.84 Å². The Bertz CT molecular complexity index is 370. The number of phenols is 1. The highest BCUT2D eigenvalue weighted by atomic mass is 16.5. The molecule has 1 atom stereocenters. The lowest BCUT2D eigenvalue weighted by Gasteiger charge is -2.26. The van der Waals surface area contributed by atoms with Crippen LogP contribution in [-0.2, 0) is 16.9 Å². The van der Waals surface area contributed by atoms with Crippen LogP contribution in [-0.4, -0.2) is 18.8 Å². The molecule has 3 heteroatoms. The van der Waals surface area contributed by atoms with E-state index < -0.39 is 0 Å². The Balaban J connectivity index is 2.37. The lowest BCUT2D eigenvalue weighted by atomic mass is 9.88. The van der Waals surface area contributed by atoms with Gasteiger partial charge in [0.2, 0.25) is 0 Å². The molecular formula is C13H19NO2. The zero-order valence-corrected chi connectivity index (χ0v) is 9.92. The lowest BCUT2D eigenvalue weighted by molar-refractivity contribution is 0.181. The van der Waals surface area contributed by atoms with Crippen LogP contribution in [0.25, 0.3) is 0 Å². The van der Waals surface area contributed by atoms with Gasteiger partial charge in [-0.2, -0.15) is 0 Å². The normalized spacial score (nSPS) is 24.9. The molecule has 88 valence electrons. The molecule has 0 aliphatic carbocycles. The Morgan fingerprint density at radius 1 is 1.50 bits per heavy atom. The predicted molar refractivity (Wildman–Crippen MR) is 63.4 cm³/mol. The average molecular weight is 221 g/mol. The van der Waals surface area contributed by atoms with Crippen molar-refractivity contribution in [3.05, 3.63) is 29.3 Å². The Labute approximate surface area is 96.4 Å². The SMILES string of the molecule is COCc1cccc(C2(C)CCCN2)c1O. The number of aromatic hydroxyl groups is 1. The summed E-state index contributed by atoms with van der Waals surface area (Å²) in [6, 6.07) is 5.88. The largest absolute Gasteiger partial charge is 0.507 e. The van der Waals surface area contributed by atoms with Gasteiger partial charge in [-0.3, -0.25) is 0 Å². The standard InChI is InChI=1S/C13H19NO2/c1-13(7-4-8-14-13)11-6-3-5-10(9-16-2)12(11)15/h3,5-6,14-15H,4,7-9H2,1-2H3. The predicted octanol–water partition coefficient (Wildman–Crippen LogP) is 2.14. The Hall–Kier alpha value is -1.06. The second-order valence-electron chi connectivity index (χ2n) is 4.61. The second kappa shape index (κ2) is 4.44. The zero-order chi connectivity index (χ0) is 11.6. The van der Waals surface area contributed by atoms with E-state index >= 15 is 0 Å². The summed E-state index contributed by atoms with van der Waals surface area (Å²) in [4.78, 5) is 0. The number of benzene rings is 1. The quantitative estimate of drug-likeness (QED) is 0.821. The van der Waals surface area contributed by atoms with Gasteiger partial charge in [-0.25, -0.2) is 0 Å². The molecule has 0 aromatic heterocycles. The lowest BCUT2D eigenvalue weighted by Crippen LogP contribution is -2.33. The fraction of sp³-hybridized carbons (Fsp3) is 0.538. The van der Waals surface area contributed by atoms with Crippen molar-refractivity contribution in [3.8, 4) is 5.75 Å². The van der Waals surface area contributed by atoms with Crippen molar-refractivity contribution >= 4 is 0 Å². The smallest absolute Gasteiger partial charge is 0.126 e. The molecule has 2 N–H and O–H groups in total. The van der Waals surface area contributed by atoms with Crippen LogP contribution in [0, 0.1) is 0 Å². The molecule has 3 nitrogen and oxygen atoms in total. The molecule has 0 bridgehead atoms. The Morgan fingerprint density at radius 2 is 2.31 bits per heavy atom. The van der Waals surface area contributed by atoms with E-state index in [1.54, 1.807) is 7.11 Å². The first kappa shape index (κ1) is 11.4. The summed E-state index contributed by atoms with van der Waals surface area (Å²) in [5, 5.41) is 13.7. The van der Waals surface area contributed by atoms with Crippen molar-refractivity contribution in [3.63, 3.8) is 0 Å². The van der Waals surface area contributed by atoms with Crippen LogP contribution in [0.3, 0.4) is 0 Å². The third-order valence-electron chi connectivity index (χ3n) is 3.38. The number of hydrogen-bond acceptors (Lipinski definition) is 3. The highest BCUT2D eigenvalue weighted by Gasteiger charge is 2.32. The summed E-state index contributed by atoms with van der Waals surface area (Å²) < 4.78 is 5.08. The summed E-state index contributed by atoms with van der Waals surface area (Å²) >= 11 is 0. The molecule has 1 unspecified atom stereocenters. The van der Waals surface area contributed by atoms with Gasteiger partial charge in [0.15, 0.2) is 0 Å². The molecular weight excluding hydrogens is 202 g/mol. The first-order valence-electron chi connectivity index (χ1n) is 5.73. The van der Waals surface area contributed by atoms with Gasteiger partial charge in [0.1, 0.15) is 5.75 Å². The van der Waals surface area contributed by atoms with Crippen molar-refractivity contribution in [2.24, 2.45) is 0 Å². The van der Waals surface area contributed by atoms with E-state index in [1.165, 1.54) is 0 Å². The van der Waals surface area contributed by atoms with Crippen LogP contribution in [0.15, 0.2) is 18.2 Å². The second-order valence-corrected chi connectivity index (χ2v) is 4.61. The van der Waals surface area contributed by atoms with Crippen LogP contribution in [0.5, 0.6) is 5.75 Å². The molecule has 1 heterocycles. The molecule has 2 rings (SSSR count). The number of rotatable bonds is 3. The summed E-state index contributed by atoms with van der Waals surface area (Å²) in [7, 11) is 1.64. The Kier molecular flexibility index (Phi) is 3.17. The van der Waals surface area contributed by atoms with Crippen LogP contribution < -0.4 is 5.32 Å². The van der Waals surface area contributed by atoms with Crippen molar-refractivity contribution in [1.82, 2.24) is 5.32 Å².